The van der Waals surface area contributed by atoms with E-state index < -0.39 is 29.7 Å². The Balaban J connectivity index is 2.00. The van der Waals surface area contributed by atoms with Crippen molar-refractivity contribution in [3.63, 3.8) is 0 Å². The first-order valence-electron chi connectivity index (χ1n) is 9.95. The molecule has 0 saturated carbocycles. The Labute approximate surface area is 202 Å². The molecule has 1 aromatic heterocycles. The van der Waals surface area contributed by atoms with Crippen molar-refractivity contribution < 1.29 is 36.2 Å². The average molecular weight is 521 g/mol. The van der Waals surface area contributed by atoms with Crippen molar-refractivity contribution in [1.29, 1.82) is 0 Å². The zero-order valence-corrected chi connectivity index (χ0v) is 19.4. The molecule has 1 aromatic carbocycles. The van der Waals surface area contributed by atoms with Crippen molar-refractivity contribution in [3.8, 4) is 11.4 Å². The van der Waals surface area contributed by atoms with E-state index in [0.717, 1.165) is 18.2 Å². The quantitative estimate of drug-likeness (QED) is 0.172. The third-order valence-corrected chi connectivity index (χ3v) is 4.69. The Morgan fingerprint density at radius 1 is 1.17 bits per heavy atom. The molecule has 2 aromatic rings. The van der Waals surface area contributed by atoms with Gasteiger partial charge in [-0.3, -0.25) is 5.32 Å². The van der Waals surface area contributed by atoms with Gasteiger partial charge in [0, 0.05) is 11.3 Å². The zero-order valence-electron chi connectivity index (χ0n) is 18.7. The Morgan fingerprint density at radius 2 is 1.83 bits per heavy atom. The lowest BCUT2D eigenvalue weighted by Gasteiger charge is -2.22. The molecule has 190 valence electrons. The number of carbonyl (C=O) groups excluding carboxylic acids is 1. The van der Waals surface area contributed by atoms with E-state index in [-0.39, 0.29) is 12.4 Å². The van der Waals surface area contributed by atoms with E-state index in [4.69, 9.17) is 16.3 Å². The van der Waals surface area contributed by atoms with Gasteiger partial charge in [-0.15, -0.1) is 11.6 Å². The van der Waals surface area contributed by atoms with E-state index >= 15 is 0 Å². The van der Waals surface area contributed by atoms with Crippen molar-refractivity contribution in [3.05, 3.63) is 67.2 Å². The molecule has 0 aliphatic carbocycles. The van der Waals surface area contributed by atoms with Crippen molar-refractivity contribution in [2.24, 2.45) is 0 Å². The molecule has 1 N–H and O–H groups in total. The average Bonchev–Trinajstić information content (AvgIpc) is 3.22. The Hall–Kier alpha value is -3.41. The van der Waals surface area contributed by atoms with Crippen molar-refractivity contribution in [1.82, 2.24) is 14.8 Å². The molecular formula is C22H22ClF5N4O3. The third-order valence-electron chi connectivity index (χ3n) is 4.05. The van der Waals surface area contributed by atoms with Crippen LogP contribution >= 0.6 is 11.6 Å². The van der Waals surface area contributed by atoms with Crippen LogP contribution in [0, 0.1) is 0 Å². The van der Waals surface area contributed by atoms with Gasteiger partial charge in [-0.1, -0.05) is 18.7 Å². The summed E-state index contributed by atoms with van der Waals surface area (Å²) >= 11 is 5.72. The van der Waals surface area contributed by atoms with Gasteiger partial charge >= 0.3 is 18.4 Å². The zero-order chi connectivity index (χ0) is 26.3. The molecular weight excluding hydrogens is 499 g/mol. The van der Waals surface area contributed by atoms with Crippen LogP contribution in [0.1, 0.15) is 13.8 Å². The van der Waals surface area contributed by atoms with Gasteiger partial charge in [-0.05, 0) is 50.3 Å². The van der Waals surface area contributed by atoms with Gasteiger partial charge in [0.15, 0.2) is 5.82 Å². The maximum Gasteiger partial charge on any atom is 0.499 e. The molecule has 0 fully saturated rings. The predicted molar refractivity (Wildman–Crippen MR) is 120 cm³/mol. The summed E-state index contributed by atoms with van der Waals surface area (Å²) in [6, 6.07) is 6.51. The second kappa shape index (κ2) is 11.3. The number of nitrogens with zero attached hydrogens (tertiary/aromatic N) is 3. The number of hydrogen-bond donors (Lipinski definition) is 1. The lowest BCUT2D eigenvalue weighted by Crippen LogP contribution is -2.38. The molecule has 1 amide bonds. The van der Waals surface area contributed by atoms with E-state index in [1.807, 2.05) is 0 Å². The van der Waals surface area contributed by atoms with Crippen LogP contribution in [0.25, 0.3) is 11.4 Å². The highest BCUT2D eigenvalue weighted by Gasteiger charge is 2.61. The minimum Gasteiger partial charge on any atom is -0.442 e. The summed E-state index contributed by atoms with van der Waals surface area (Å²) in [6.07, 6.45) is -6.46. The summed E-state index contributed by atoms with van der Waals surface area (Å²) in [5.74, 6) is -0.293. The number of ether oxygens (including phenoxy) is 2. The monoisotopic (exact) mass is 520 g/mol. The number of halogens is 6. The number of allylic oxidation sites excluding steroid dienone is 4. The number of aromatic nitrogens is 3. The largest absolute Gasteiger partial charge is 0.499 e. The highest BCUT2D eigenvalue weighted by atomic mass is 35.5. The van der Waals surface area contributed by atoms with Crippen LogP contribution in [0.5, 0.6) is 0 Å². The Kier molecular flexibility index (Phi) is 9.02. The number of anilines is 1. The van der Waals surface area contributed by atoms with Crippen LogP contribution < -0.4 is 5.32 Å². The second-order valence-electron chi connectivity index (χ2n) is 7.60. The fourth-order valence-electron chi connectivity index (χ4n) is 2.36. The highest BCUT2D eigenvalue weighted by molar-refractivity contribution is 6.18. The Bertz CT molecular complexity index is 1080. The number of carbonyl (C=O) groups is 1. The topological polar surface area (TPSA) is 78.3 Å². The minimum absolute atomic E-state index is 0.00423. The van der Waals surface area contributed by atoms with Crippen LogP contribution in [0.2, 0.25) is 0 Å². The first-order chi connectivity index (χ1) is 16.3. The molecule has 13 heteroatoms. The van der Waals surface area contributed by atoms with Crippen LogP contribution in [-0.4, -0.2) is 44.6 Å². The standard InChI is InChI=1S/C22H22ClF5N4O3/c1-4-6-17(34-22(27,28)21(24,25)26)7-5-12-32-14-29-18(31-32)15-8-10-16(11-9-15)30-19(33)35-20(2,3)13-23/h4-11,14H,1,12-13H2,2-3H3,(H,30,33)/b7-5-,17-6+. The first kappa shape index (κ1) is 27.8. The van der Waals surface area contributed by atoms with Crippen molar-refractivity contribution >= 4 is 23.4 Å². The molecule has 0 saturated heterocycles. The molecule has 7 nitrogen and oxygen atoms in total. The molecule has 35 heavy (non-hydrogen) atoms. The van der Waals surface area contributed by atoms with Gasteiger partial charge in [0.05, 0.1) is 12.4 Å². The number of rotatable bonds is 10. The Morgan fingerprint density at radius 3 is 2.40 bits per heavy atom. The van der Waals surface area contributed by atoms with Gasteiger partial charge < -0.3 is 9.47 Å². The maximum atomic E-state index is 13.1. The van der Waals surface area contributed by atoms with Gasteiger partial charge in [0.25, 0.3) is 0 Å². The fourth-order valence-corrected chi connectivity index (χ4v) is 2.42. The summed E-state index contributed by atoms with van der Waals surface area (Å²) in [7, 11) is 0. The highest BCUT2D eigenvalue weighted by Crippen LogP contribution is 2.38. The van der Waals surface area contributed by atoms with E-state index in [0.29, 0.717) is 17.1 Å². The molecule has 0 bridgehead atoms. The molecule has 0 unspecified atom stereocenters. The number of hydrogen-bond acceptors (Lipinski definition) is 5. The van der Waals surface area contributed by atoms with Crippen LogP contribution in [0.4, 0.5) is 32.4 Å². The van der Waals surface area contributed by atoms with E-state index in [9.17, 15) is 26.7 Å². The smallest absolute Gasteiger partial charge is 0.442 e. The maximum absolute atomic E-state index is 13.1. The van der Waals surface area contributed by atoms with Gasteiger partial charge in [-0.2, -0.15) is 27.1 Å². The summed E-state index contributed by atoms with van der Waals surface area (Å²) in [5, 5.41) is 6.77. The SMILES string of the molecule is C=C/C=C(\C=C/Cn1cnc(-c2ccc(NC(=O)OC(C)(C)CCl)cc2)n1)OC(F)(F)C(F)(F)F. The fraction of sp³-hybridized carbons (Fsp3) is 0.318. The van der Waals surface area contributed by atoms with Gasteiger partial charge in [0.1, 0.15) is 17.7 Å². The molecule has 0 atom stereocenters. The number of benzene rings is 1. The summed E-state index contributed by atoms with van der Waals surface area (Å²) in [5.41, 5.74) is 0.237. The molecule has 1 heterocycles. The molecule has 0 aliphatic heterocycles. The summed E-state index contributed by atoms with van der Waals surface area (Å²) in [4.78, 5) is 16.0. The van der Waals surface area contributed by atoms with E-state index in [1.54, 1.807) is 38.1 Å². The first-order valence-corrected chi connectivity index (χ1v) is 10.5. The van der Waals surface area contributed by atoms with Crippen LogP contribution in [0.3, 0.4) is 0 Å². The number of alkyl halides is 6. The summed E-state index contributed by atoms with van der Waals surface area (Å²) < 4.78 is 73.6. The lowest BCUT2D eigenvalue weighted by atomic mass is 10.2. The third kappa shape index (κ3) is 8.39. The lowest BCUT2D eigenvalue weighted by molar-refractivity contribution is -0.378. The molecule has 0 radical (unpaired) electrons. The van der Waals surface area contributed by atoms with Crippen molar-refractivity contribution in [2.75, 3.05) is 11.2 Å². The predicted octanol–water partition coefficient (Wildman–Crippen LogP) is 6.31. The van der Waals surface area contributed by atoms with Crippen LogP contribution in [0.15, 0.2) is 67.2 Å². The molecule has 0 spiro atoms. The molecule has 2 rings (SSSR count). The minimum atomic E-state index is -5.87. The van der Waals surface area contributed by atoms with Gasteiger partial charge in [-0.25, -0.2) is 14.5 Å². The van der Waals surface area contributed by atoms with E-state index in [2.05, 4.69) is 26.7 Å². The van der Waals surface area contributed by atoms with Crippen molar-refractivity contribution in [2.45, 2.75) is 38.3 Å². The molecule has 0 aliphatic rings. The van der Waals surface area contributed by atoms with E-state index in [1.165, 1.54) is 17.1 Å². The number of nitrogens with one attached hydrogen (secondary N) is 1. The number of amides is 1. The normalized spacial score (nSPS) is 13.1. The summed E-state index contributed by atoms with van der Waals surface area (Å²) in [6.45, 7) is 6.60. The second-order valence-corrected chi connectivity index (χ2v) is 7.87. The van der Waals surface area contributed by atoms with Crippen LogP contribution in [-0.2, 0) is 16.0 Å². The van der Waals surface area contributed by atoms with Gasteiger partial charge in [0.2, 0.25) is 0 Å².